The molecule has 0 aliphatic carbocycles. The minimum atomic E-state index is -3.61. The molecule has 0 atom stereocenters. The van der Waals surface area contributed by atoms with E-state index < -0.39 is 10.0 Å². The van der Waals surface area contributed by atoms with Crippen molar-refractivity contribution in [3.63, 3.8) is 0 Å². The smallest absolute Gasteiger partial charge is 0.244 e. The summed E-state index contributed by atoms with van der Waals surface area (Å²) in [5.74, 6) is 1.18. The number of anilines is 1. The summed E-state index contributed by atoms with van der Waals surface area (Å²) in [5, 5.41) is 22.4. The van der Waals surface area contributed by atoms with E-state index in [2.05, 4.69) is 35.5 Å². The average Bonchev–Trinajstić information content (AvgIpc) is 3.13. The maximum absolute atomic E-state index is 12.4. The standard InChI is InChI=1S/C17H24N8O2S/c1-10-11(2)24-25(14(10)5)16-7-6-15(22-23-16)18-8-9-19-28(26,27)17-12(3)20-21-13(17)4/h6-7,19H,8-9H2,1-5H3,(H,18,22)(H,20,21). The molecule has 0 amide bonds. The second-order valence-corrected chi connectivity index (χ2v) is 8.28. The van der Waals surface area contributed by atoms with Crippen molar-refractivity contribution in [2.45, 2.75) is 39.5 Å². The minimum Gasteiger partial charge on any atom is -0.367 e. The predicted octanol–water partition coefficient (Wildman–Crippen LogP) is 1.32. The lowest BCUT2D eigenvalue weighted by molar-refractivity contribution is 0.581. The highest BCUT2D eigenvalue weighted by Gasteiger charge is 2.21. The van der Waals surface area contributed by atoms with Gasteiger partial charge in [0, 0.05) is 18.8 Å². The molecule has 3 aromatic heterocycles. The largest absolute Gasteiger partial charge is 0.367 e. The summed E-state index contributed by atoms with van der Waals surface area (Å²) in [4.78, 5) is 0.192. The van der Waals surface area contributed by atoms with E-state index in [-0.39, 0.29) is 11.4 Å². The molecule has 0 unspecified atom stereocenters. The second-order valence-electron chi connectivity index (χ2n) is 6.57. The third kappa shape index (κ3) is 3.90. The Morgan fingerprint density at radius 1 is 1.04 bits per heavy atom. The molecule has 0 radical (unpaired) electrons. The normalized spacial score (nSPS) is 11.8. The van der Waals surface area contributed by atoms with E-state index in [1.165, 1.54) is 0 Å². The molecular formula is C17H24N8O2S. The molecule has 28 heavy (non-hydrogen) atoms. The third-order valence-electron chi connectivity index (χ3n) is 4.57. The predicted molar refractivity (Wildman–Crippen MR) is 105 cm³/mol. The van der Waals surface area contributed by atoms with Crippen LogP contribution in [-0.2, 0) is 10.0 Å². The second kappa shape index (κ2) is 7.68. The summed E-state index contributed by atoms with van der Waals surface area (Å²) in [6.45, 7) is 9.85. The molecule has 3 rings (SSSR count). The van der Waals surface area contributed by atoms with Crippen LogP contribution in [0.2, 0.25) is 0 Å². The Hall–Kier alpha value is -2.79. The van der Waals surface area contributed by atoms with E-state index >= 15 is 0 Å². The number of H-pyrrole nitrogens is 1. The van der Waals surface area contributed by atoms with Gasteiger partial charge in [0.25, 0.3) is 0 Å². The van der Waals surface area contributed by atoms with Gasteiger partial charge in [-0.2, -0.15) is 10.2 Å². The summed E-state index contributed by atoms with van der Waals surface area (Å²) in [5.41, 5.74) is 4.06. The minimum absolute atomic E-state index is 0.192. The van der Waals surface area contributed by atoms with Crippen molar-refractivity contribution < 1.29 is 8.42 Å². The molecule has 0 aromatic carbocycles. The Labute approximate surface area is 163 Å². The van der Waals surface area contributed by atoms with Crippen LogP contribution >= 0.6 is 0 Å². The molecule has 3 N–H and O–H groups in total. The van der Waals surface area contributed by atoms with Crippen LogP contribution in [0, 0.1) is 34.6 Å². The highest BCUT2D eigenvalue weighted by Crippen LogP contribution is 2.16. The fraction of sp³-hybridized carbons (Fsp3) is 0.412. The first kappa shape index (κ1) is 20.0. The molecule has 3 heterocycles. The first-order valence-corrected chi connectivity index (χ1v) is 10.3. The highest BCUT2D eigenvalue weighted by molar-refractivity contribution is 7.89. The van der Waals surface area contributed by atoms with Crippen molar-refractivity contribution in [1.82, 2.24) is 34.9 Å². The quantitative estimate of drug-likeness (QED) is 0.506. The number of nitrogens with one attached hydrogen (secondary N) is 3. The summed E-state index contributed by atoms with van der Waals surface area (Å²) in [6.07, 6.45) is 0. The van der Waals surface area contributed by atoms with Crippen molar-refractivity contribution in [2.24, 2.45) is 0 Å². The number of hydrogen-bond acceptors (Lipinski definition) is 7. The first-order chi connectivity index (χ1) is 13.2. The van der Waals surface area contributed by atoms with Crippen LogP contribution in [0.25, 0.3) is 5.82 Å². The van der Waals surface area contributed by atoms with Gasteiger partial charge in [-0.1, -0.05) is 0 Å². The number of nitrogens with zero attached hydrogens (tertiary/aromatic N) is 5. The third-order valence-corrected chi connectivity index (χ3v) is 6.30. The van der Waals surface area contributed by atoms with E-state index in [1.54, 1.807) is 24.6 Å². The van der Waals surface area contributed by atoms with Crippen molar-refractivity contribution in [3.05, 3.63) is 40.5 Å². The van der Waals surface area contributed by atoms with Crippen LogP contribution in [0.3, 0.4) is 0 Å². The van der Waals surface area contributed by atoms with E-state index in [9.17, 15) is 8.42 Å². The molecule has 0 aliphatic rings. The zero-order valence-electron chi connectivity index (χ0n) is 16.5. The van der Waals surface area contributed by atoms with Gasteiger partial charge in [0.1, 0.15) is 10.7 Å². The lowest BCUT2D eigenvalue weighted by atomic mass is 10.2. The summed E-state index contributed by atoms with van der Waals surface area (Å²) in [6, 6.07) is 3.60. The Bertz CT molecular complexity index is 1060. The molecule has 0 fully saturated rings. The summed E-state index contributed by atoms with van der Waals surface area (Å²) >= 11 is 0. The van der Waals surface area contributed by atoms with E-state index in [0.29, 0.717) is 29.6 Å². The Balaban J connectivity index is 1.58. The average molecular weight is 405 g/mol. The van der Waals surface area contributed by atoms with Gasteiger partial charge in [0.05, 0.1) is 17.1 Å². The van der Waals surface area contributed by atoms with Gasteiger partial charge in [-0.15, -0.1) is 10.2 Å². The van der Waals surface area contributed by atoms with Crippen molar-refractivity contribution >= 4 is 15.8 Å². The van der Waals surface area contributed by atoms with Gasteiger partial charge in [-0.05, 0) is 52.3 Å². The van der Waals surface area contributed by atoms with Gasteiger partial charge in [0.15, 0.2) is 5.82 Å². The fourth-order valence-corrected chi connectivity index (χ4v) is 4.26. The zero-order valence-corrected chi connectivity index (χ0v) is 17.3. The van der Waals surface area contributed by atoms with Gasteiger partial charge in [-0.25, -0.2) is 17.8 Å². The SMILES string of the molecule is Cc1nn(-c2ccc(NCCNS(=O)(=O)c3c(C)n[nH]c3C)nn2)c(C)c1C. The van der Waals surface area contributed by atoms with Crippen LogP contribution in [0.4, 0.5) is 5.82 Å². The van der Waals surface area contributed by atoms with Crippen LogP contribution in [0.5, 0.6) is 0 Å². The molecule has 10 nitrogen and oxygen atoms in total. The van der Waals surface area contributed by atoms with E-state index in [0.717, 1.165) is 17.0 Å². The fourth-order valence-electron chi connectivity index (χ4n) is 2.86. The molecule has 0 saturated carbocycles. The van der Waals surface area contributed by atoms with Crippen molar-refractivity contribution in [3.8, 4) is 5.82 Å². The number of rotatable bonds is 7. The first-order valence-electron chi connectivity index (χ1n) is 8.82. The van der Waals surface area contributed by atoms with Crippen LogP contribution in [0.1, 0.15) is 28.3 Å². The summed E-state index contributed by atoms with van der Waals surface area (Å²) in [7, 11) is -3.61. The van der Waals surface area contributed by atoms with Gasteiger partial charge >= 0.3 is 0 Å². The summed E-state index contributed by atoms with van der Waals surface area (Å²) < 4.78 is 29.1. The maximum atomic E-state index is 12.4. The van der Waals surface area contributed by atoms with Crippen LogP contribution in [-0.4, -0.2) is 51.7 Å². The highest BCUT2D eigenvalue weighted by atomic mass is 32.2. The monoisotopic (exact) mass is 404 g/mol. The van der Waals surface area contributed by atoms with Gasteiger partial charge in [0.2, 0.25) is 10.0 Å². The molecule has 0 aliphatic heterocycles. The number of sulfonamides is 1. The molecule has 0 saturated heterocycles. The Morgan fingerprint density at radius 2 is 1.79 bits per heavy atom. The lowest BCUT2D eigenvalue weighted by Crippen LogP contribution is -2.29. The number of aromatic amines is 1. The molecule has 3 aromatic rings. The topological polar surface area (TPSA) is 130 Å². The molecule has 150 valence electrons. The van der Waals surface area contributed by atoms with Gasteiger partial charge < -0.3 is 5.32 Å². The van der Waals surface area contributed by atoms with Crippen molar-refractivity contribution in [2.75, 3.05) is 18.4 Å². The number of hydrogen-bond donors (Lipinski definition) is 3. The van der Waals surface area contributed by atoms with Crippen molar-refractivity contribution in [1.29, 1.82) is 0 Å². The maximum Gasteiger partial charge on any atom is 0.244 e. The molecule has 0 spiro atoms. The lowest BCUT2D eigenvalue weighted by Gasteiger charge is -2.09. The van der Waals surface area contributed by atoms with Gasteiger partial charge in [-0.3, -0.25) is 5.10 Å². The molecular weight excluding hydrogens is 380 g/mol. The Morgan fingerprint density at radius 3 is 2.32 bits per heavy atom. The van der Waals surface area contributed by atoms with Crippen LogP contribution < -0.4 is 10.0 Å². The Kier molecular flexibility index (Phi) is 5.47. The molecule has 11 heteroatoms. The number of aryl methyl sites for hydroxylation is 3. The zero-order chi connectivity index (χ0) is 20.5. The van der Waals surface area contributed by atoms with E-state index in [1.807, 2.05) is 26.8 Å². The molecule has 0 bridgehead atoms. The van der Waals surface area contributed by atoms with E-state index in [4.69, 9.17) is 0 Å². The number of aromatic nitrogens is 6. The van der Waals surface area contributed by atoms with Crippen LogP contribution in [0.15, 0.2) is 17.0 Å².